The number of phenols is 2. The maximum atomic E-state index is 12.3. The van der Waals surface area contributed by atoms with Gasteiger partial charge in [0, 0.05) is 17.7 Å². The standard InChI is InChI=1S/C18H16O7/c1-22-16-4-9(5-17(23-2)18(16)24-3)14-7-11(19)10-6-12(20)13(21)8-15(10)25-14/h4-8,20-21H,1-3H3. The third-order valence-corrected chi connectivity index (χ3v) is 3.77. The molecule has 25 heavy (non-hydrogen) atoms. The second-order valence-corrected chi connectivity index (χ2v) is 5.23. The van der Waals surface area contributed by atoms with Crippen molar-refractivity contribution in [3.05, 3.63) is 40.6 Å². The molecule has 0 aliphatic carbocycles. The summed E-state index contributed by atoms with van der Waals surface area (Å²) in [6, 6.07) is 6.93. The van der Waals surface area contributed by atoms with Crippen molar-refractivity contribution in [2.45, 2.75) is 0 Å². The van der Waals surface area contributed by atoms with Gasteiger partial charge in [0.25, 0.3) is 0 Å². The van der Waals surface area contributed by atoms with Gasteiger partial charge in [-0.15, -0.1) is 0 Å². The molecule has 0 bridgehead atoms. The number of rotatable bonds is 4. The molecule has 0 aliphatic heterocycles. The zero-order valence-corrected chi connectivity index (χ0v) is 13.8. The van der Waals surface area contributed by atoms with Crippen molar-refractivity contribution in [1.29, 1.82) is 0 Å². The van der Waals surface area contributed by atoms with Crippen LogP contribution in [0.4, 0.5) is 0 Å². The van der Waals surface area contributed by atoms with Crippen LogP contribution in [0, 0.1) is 0 Å². The molecule has 2 N–H and O–H groups in total. The maximum Gasteiger partial charge on any atom is 0.203 e. The molecule has 0 atom stereocenters. The third-order valence-electron chi connectivity index (χ3n) is 3.77. The molecule has 7 heteroatoms. The molecular formula is C18H16O7. The van der Waals surface area contributed by atoms with E-state index in [2.05, 4.69) is 0 Å². The Hall–Kier alpha value is -3.35. The van der Waals surface area contributed by atoms with Crippen molar-refractivity contribution in [3.8, 4) is 40.1 Å². The van der Waals surface area contributed by atoms with Gasteiger partial charge in [0.1, 0.15) is 11.3 Å². The largest absolute Gasteiger partial charge is 0.504 e. The van der Waals surface area contributed by atoms with E-state index < -0.39 is 0 Å². The summed E-state index contributed by atoms with van der Waals surface area (Å²) in [7, 11) is 4.46. The number of aromatic hydroxyl groups is 2. The van der Waals surface area contributed by atoms with Crippen molar-refractivity contribution in [1.82, 2.24) is 0 Å². The summed E-state index contributed by atoms with van der Waals surface area (Å²) in [5.41, 5.74) is 0.313. The normalized spacial score (nSPS) is 10.7. The fourth-order valence-electron chi connectivity index (χ4n) is 2.54. The van der Waals surface area contributed by atoms with Gasteiger partial charge in [-0.05, 0) is 18.2 Å². The van der Waals surface area contributed by atoms with Crippen LogP contribution in [0.3, 0.4) is 0 Å². The minimum atomic E-state index is -0.389. The van der Waals surface area contributed by atoms with Gasteiger partial charge >= 0.3 is 0 Å². The molecule has 0 saturated heterocycles. The second-order valence-electron chi connectivity index (χ2n) is 5.23. The molecular weight excluding hydrogens is 328 g/mol. The molecule has 1 aromatic heterocycles. The molecule has 3 rings (SSSR count). The fourth-order valence-corrected chi connectivity index (χ4v) is 2.54. The first kappa shape index (κ1) is 16.5. The monoisotopic (exact) mass is 344 g/mol. The van der Waals surface area contributed by atoms with Crippen molar-refractivity contribution in [2.24, 2.45) is 0 Å². The smallest absolute Gasteiger partial charge is 0.203 e. The first-order valence-electron chi connectivity index (χ1n) is 7.28. The van der Waals surface area contributed by atoms with E-state index in [0.717, 1.165) is 6.07 Å². The Balaban J connectivity index is 2.26. The van der Waals surface area contributed by atoms with Crippen LogP contribution >= 0.6 is 0 Å². The minimum Gasteiger partial charge on any atom is -0.504 e. The molecule has 7 nitrogen and oxygen atoms in total. The van der Waals surface area contributed by atoms with Crippen LogP contribution in [-0.4, -0.2) is 31.5 Å². The van der Waals surface area contributed by atoms with Gasteiger partial charge in [-0.25, -0.2) is 0 Å². The first-order chi connectivity index (χ1) is 12.0. The Morgan fingerprint density at radius 2 is 1.44 bits per heavy atom. The highest BCUT2D eigenvalue weighted by Gasteiger charge is 2.17. The third kappa shape index (κ3) is 2.80. The van der Waals surface area contributed by atoms with Crippen LogP contribution in [0.1, 0.15) is 0 Å². The topological polar surface area (TPSA) is 98.4 Å². The van der Waals surface area contributed by atoms with Gasteiger partial charge < -0.3 is 28.8 Å². The molecule has 0 aliphatic rings. The Morgan fingerprint density at radius 1 is 0.840 bits per heavy atom. The van der Waals surface area contributed by atoms with Crippen LogP contribution < -0.4 is 19.6 Å². The molecule has 0 unspecified atom stereocenters. The lowest BCUT2D eigenvalue weighted by Crippen LogP contribution is -2.01. The van der Waals surface area contributed by atoms with E-state index in [1.54, 1.807) is 12.1 Å². The summed E-state index contributed by atoms with van der Waals surface area (Å²) in [5, 5.41) is 19.3. The van der Waals surface area contributed by atoms with E-state index in [-0.39, 0.29) is 33.7 Å². The molecule has 1 heterocycles. The van der Waals surface area contributed by atoms with E-state index in [4.69, 9.17) is 18.6 Å². The number of hydrogen-bond donors (Lipinski definition) is 2. The molecule has 130 valence electrons. The number of benzene rings is 2. The molecule has 0 saturated carbocycles. The Labute approximate surface area is 142 Å². The van der Waals surface area contributed by atoms with Crippen molar-refractivity contribution >= 4 is 11.0 Å². The molecule has 3 aromatic rings. The number of ether oxygens (including phenoxy) is 3. The van der Waals surface area contributed by atoms with Gasteiger partial charge in [0.05, 0.1) is 26.7 Å². The predicted octanol–water partition coefficient (Wildman–Crippen LogP) is 2.90. The van der Waals surface area contributed by atoms with E-state index in [1.807, 2.05) is 0 Å². The quantitative estimate of drug-likeness (QED) is 0.702. The average molecular weight is 344 g/mol. The van der Waals surface area contributed by atoms with Gasteiger partial charge in [0.2, 0.25) is 5.75 Å². The van der Waals surface area contributed by atoms with Crippen LogP contribution in [-0.2, 0) is 0 Å². The lowest BCUT2D eigenvalue weighted by Gasteiger charge is -2.14. The van der Waals surface area contributed by atoms with Crippen molar-refractivity contribution in [3.63, 3.8) is 0 Å². The van der Waals surface area contributed by atoms with Crippen LogP contribution in [0.2, 0.25) is 0 Å². The summed E-state index contributed by atoms with van der Waals surface area (Å²) < 4.78 is 21.6. The zero-order chi connectivity index (χ0) is 18.1. The summed E-state index contributed by atoms with van der Waals surface area (Å²) in [6.07, 6.45) is 0. The van der Waals surface area contributed by atoms with Gasteiger partial charge in [-0.2, -0.15) is 0 Å². The highest BCUT2D eigenvalue weighted by molar-refractivity contribution is 5.82. The summed E-state index contributed by atoms with van der Waals surface area (Å²) >= 11 is 0. The highest BCUT2D eigenvalue weighted by atomic mass is 16.5. The van der Waals surface area contributed by atoms with E-state index in [1.165, 1.54) is 33.5 Å². The lowest BCUT2D eigenvalue weighted by molar-refractivity contribution is 0.324. The number of methoxy groups -OCH3 is 3. The van der Waals surface area contributed by atoms with E-state index in [0.29, 0.717) is 22.8 Å². The molecule has 0 radical (unpaired) electrons. The fraction of sp³-hybridized carbons (Fsp3) is 0.167. The molecule has 0 amide bonds. The molecule has 0 spiro atoms. The minimum absolute atomic E-state index is 0.145. The summed E-state index contributed by atoms with van der Waals surface area (Å²) in [6.45, 7) is 0. The maximum absolute atomic E-state index is 12.3. The average Bonchev–Trinajstić information content (AvgIpc) is 2.61. The van der Waals surface area contributed by atoms with E-state index >= 15 is 0 Å². The lowest BCUT2D eigenvalue weighted by atomic mass is 10.1. The second kappa shape index (κ2) is 6.27. The van der Waals surface area contributed by atoms with Crippen molar-refractivity contribution in [2.75, 3.05) is 21.3 Å². The molecule has 2 aromatic carbocycles. The molecule has 0 fully saturated rings. The Kier molecular flexibility index (Phi) is 4.14. The zero-order valence-electron chi connectivity index (χ0n) is 13.8. The Morgan fingerprint density at radius 3 is 2.00 bits per heavy atom. The number of fused-ring (bicyclic) bond motifs is 1. The van der Waals surface area contributed by atoms with Gasteiger partial charge in [0.15, 0.2) is 28.4 Å². The SMILES string of the molecule is COc1cc(-c2cc(=O)c3cc(O)c(O)cc3o2)cc(OC)c1OC. The summed E-state index contributed by atoms with van der Waals surface area (Å²) in [5.74, 6) is 0.723. The van der Waals surface area contributed by atoms with Gasteiger partial charge in [-0.3, -0.25) is 4.79 Å². The number of hydrogen-bond acceptors (Lipinski definition) is 7. The van der Waals surface area contributed by atoms with Crippen LogP contribution in [0.25, 0.3) is 22.3 Å². The first-order valence-corrected chi connectivity index (χ1v) is 7.28. The predicted molar refractivity (Wildman–Crippen MR) is 90.9 cm³/mol. The summed E-state index contributed by atoms with van der Waals surface area (Å²) in [4.78, 5) is 12.3. The van der Waals surface area contributed by atoms with Gasteiger partial charge in [-0.1, -0.05) is 0 Å². The Bertz CT molecular complexity index is 979. The van der Waals surface area contributed by atoms with E-state index in [9.17, 15) is 15.0 Å². The van der Waals surface area contributed by atoms with Crippen LogP contribution in [0.15, 0.2) is 39.5 Å². The van der Waals surface area contributed by atoms with Crippen LogP contribution in [0.5, 0.6) is 28.7 Å². The van der Waals surface area contributed by atoms with Crippen molar-refractivity contribution < 1.29 is 28.8 Å². The number of phenolic OH excluding ortho intramolecular Hbond substituents is 2. The highest BCUT2D eigenvalue weighted by Crippen LogP contribution is 2.41.